The third kappa shape index (κ3) is 2.18. The molecule has 2 aromatic rings. The van der Waals surface area contributed by atoms with E-state index in [0.29, 0.717) is 5.02 Å². The molecular weight excluding hydrogens is 258 g/mol. The van der Waals surface area contributed by atoms with Gasteiger partial charge in [-0.15, -0.1) is 0 Å². The third-order valence-electron chi connectivity index (χ3n) is 2.30. The van der Waals surface area contributed by atoms with E-state index in [1.807, 2.05) is 0 Å². The Hall–Kier alpha value is -2.34. The highest BCUT2D eigenvalue weighted by atomic mass is 35.5. The first-order valence-electron chi connectivity index (χ1n) is 4.86. The quantitative estimate of drug-likeness (QED) is 0.874. The summed E-state index contributed by atoms with van der Waals surface area (Å²) >= 11 is 5.82. The zero-order chi connectivity index (χ0) is 13.3. The summed E-state index contributed by atoms with van der Waals surface area (Å²) in [6.07, 6.45) is 2.61. The minimum absolute atomic E-state index is 0.0264. The Morgan fingerprint density at radius 3 is 2.67 bits per heavy atom. The lowest BCUT2D eigenvalue weighted by Crippen LogP contribution is -2.10. The number of hydrogen-bond acceptors (Lipinski definition) is 3. The minimum Gasteiger partial charge on any atom is -0.478 e. The number of carbonyl (C=O) groups excluding carboxylic acids is 1. The number of amides is 1. The molecule has 2 rings (SSSR count). The summed E-state index contributed by atoms with van der Waals surface area (Å²) < 4.78 is 1.25. The predicted molar refractivity (Wildman–Crippen MR) is 64.1 cm³/mol. The second-order valence-electron chi connectivity index (χ2n) is 3.50. The van der Waals surface area contributed by atoms with E-state index in [0.717, 1.165) is 0 Å². The van der Waals surface area contributed by atoms with E-state index in [2.05, 4.69) is 5.10 Å². The fourth-order valence-electron chi connectivity index (χ4n) is 1.46. The maximum absolute atomic E-state index is 11.1. The Morgan fingerprint density at radius 2 is 2.11 bits per heavy atom. The Bertz CT molecular complexity index is 636. The van der Waals surface area contributed by atoms with Crippen molar-refractivity contribution < 1.29 is 14.7 Å². The van der Waals surface area contributed by atoms with Crippen molar-refractivity contribution in [3.05, 3.63) is 46.7 Å². The number of primary amides is 1. The number of halogens is 1. The minimum atomic E-state index is -1.11. The van der Waals surface area contributed by atoms with Gasteiger partial charge in [0.2, 0.25) is 0 Å². The van der Waals surface area contributed by atoms with Crippen LogP contribution in [0.4, 0.5) is 0 Å². The number of aromatic nitrogens is 2. The van der Waals surface area contributed by atoms with E-state index in [-0.39, 0.29) is 16.8 Å². The van der Waals surface area contributed by atoms with E-state index in [1.54, 1.807) is 0 Å². The zero-order valence-electron chi connectivity index (χ0n) is 9.00. The van der Waals surface area contributed by atoms with Crippen molar-refractivity contribution in [1.82, 2.24) is 9.78 Å². The molecular formula is C11H8ClN3O3. The molecule has 92 valence electrons. The van der Waals surface area contributed by atoms with Gasteiger partial charge in [0.1, 0.15) is 0 Å². The van der Waals surface area contributed by atoms with Gasteiger partial charge in [-0.3, -0.25) is 4.79 Å². The first-order valence-corrected chi connectivity index (χ1v) is 5.24. The lowest BCUT2D eigenvalue weighted by molar-refractivity contribution is 0.0696. The Morgan fingerprint density at radius 1 is 1.39 bits per heavy atom. The van der Waals surface area contributed by atoms with Gasteiger partial charge < -0.3 is 10.8 Å². The average Bonchev–Trinajstić information content (AvgIpc) is 2.77. The van der Waals surface area contributed by atoms with Crippen LogP contribution in [0.5, 0.6) is 0 Å². The number of carboxylic acid groups (broad SMARTS) is 1. The fraction of sp³-hybridized carbons (Fsp3) is 0. The number of benzene rings is 1. The monoisotopic (exact) mass is 265 g/mol. The molecule has 0 fully saturated rings. The molecule has 0 radical (unpaired) electrons. The Kier molecular flexibility index (Phi) is 3.03. The van der Waals surface area contributed by atoms with Gasteiger partial charge in [0, 0.05) is 11.2 Å². The molecule has 0 spiro atoms. The van der Waals surface area contributed by atoms with Gasteiger partial charge in [0.25, 0.3) is 5.91 Å². The van der Waals surface area contributed by atoms with Gasteiger partial charge in [-0.05, 0) is 18.2 Å². The van der Waals surface area contributed by atoms with Crippen LogP contribution in [-0.2, 0) is 0 Å². The van der Waals surface area contributed by atoms with E-state index in [9.17, 15) is 9.59 Å². The molecule has 6 nitrogen and oxygen atoms in total. The smallest absolute Gasteiger partial charge is 0.337 e. The molecule has 0 aliphatic carbocycles. The van der Waals surface area contributed by atoms with Crippen LogP contribution in [0.2, 0.25) is 5.02 Å². The highest BCUT2D eigenvalue weighted by Gasteiger charge is 2.14. The lowest BCUT2D eigenvalue weighted by Gasteiger charge is -2.06. The number of rotatable bonds is 3. The van der Waals surface area contributed by atoms with Crippen molar-refractivity contribution >= 4 is 23.5 Å². The van der Waals surface area contributed by atoms with Gasteiger partial charge in [0.15, 0.2) is 0 Å². The van der Waals surface area contributed by atoms with Gasteiger partial charge >= 0.3 is 5.97 Å². The molecule has 0 bridgehead atoms. The summed E-state index contributed by atoms with van der Waals surface area (Å²) in [5, 5.41) is 13.3. The highest BCUT2D eigenvalue weighted by Crippen LogP contribution is 2.20. The zero-order valence-corrected chi connectivity index (χ0v) is 9.76. The van der Waals surface area contributed by atoms with Gasteiger partial charge in [-0.2, -0.15) is 5.10 Å². The molecule has 1 amide bonds. The summed E-state index contributed by atoms with van der Waals surface area (Å²) in [7, 11) is 0. The Labute approximate surface area is 107 Å². The van der Waals surface area contributed by atoms with Crippen molar-refractivity contribution in [2.75, 3.05) is 0 Å². The van der Waals surface area contributed by atoms with Crippen LogP contribution in [-0.4, -0.2) is 26.8 Å². The summed E-state index contributed by atoms with van der Waals surface area (Å²) in [6.45, 7) is 0. The molecule has 0 atom stereocenters. The van der Waals surface area contributed by atoms with Gasteiger partial charge in [-0.25, -0.2) is 9.48 Å². The fourth-order valence-corrected chi connectivity index (χ4v) is 1.62. The highest BCUT2D eigenvalue weighted by molar-refractivity contribution is 6.30. The molecule has 18 heavy (non-hydrogen) atoms. The number of hydrogen-bond donors (Lipinski definition) is 2. The number of aromatic carboxylic acids is 1. The molecule has 0 saturated heterocycles. The first kappa shape index (κ1) is 12.1. The van der Waals surface area contributed by atoms with E-state index in [1.165, 1.54) is 35.3 Å². The van der Waals surface area contributed by atoms with E-state index < -0.39 is 11.9 Å². The van der Waals surface area contributed by atoms with Crippen molar-refractivity contribution in [3.8, 4) is 5.69 Å². The van der Waals surface area contributed by atoms with Crippen LogP contribution in [0.15, 0.2) is 30.6 Å². The average molecular weight is 266 g/mol. The first-order chi connectivity index (χ1) is 8.49. The van der Waals surface area contributed by atoms with Crippen molar-refractivity contribution in [2.45, 2.75) is 0 Å². The van der Waals surface area contributed by atoms with Crippen molar-refractivity contribution in [2.24, 2.45) is 5.73 Å². The predicted octanol–water partition coefficient (Wildman–Crippen LogP) is 1.32. The maximum atomic E-state index is 11.1. The molecule has 3 N–H and O–H groups in total. The summed E-state index contributed by atoms with van der Waals surface area (Å²) in [4.78, 5) is 22.0. The van der Waals surface area contributed by atoms with Gasteiger partial charge in [0.05, 0.1) is 23.0 Å². The lowest BCUT2D eigenvalue weighted by atomic mass is 10.2. The standard InChI is InChI=1S/C11H8ClN3O3/c12-7-1-2-8(11(17)18)9(3-7)15-5-6(4-14-15)10(13)16/h1-5H,(H2,13,16)(H,17,18). The van der Waals surface area contributed by atoms with Crippen LogP contribution >= 0.6 is 11.6 Å². The normalized spacial score (nSPS) is 10.3. The number of nitrogens with zero attached hydrogens (tertiary/aromatic N) is 2. The van der Waals surface area contributed by atoms with Crippen molar-refractivity contribution in [3.63, 3.8) is 0 Å². The molecule has 0 unspecified atom stereocenters. The van der Waals surface area contributed by atoms with Crippen LogP contribution in [0.3, 0.4) is 0 Å². The van der Waals surface area contributed by atoms with Crippen LogP contribution in [0.25, 0.3) is 5.69 Å². The maximum Gasteiger partial charge on any atom is 0.337 e. The molecule has 0 aliphatic heterocycles. The van der Waals surface area contributed by atoms with E-state index >= 15 is 0 Å². The molecule has 1 heterocycles. The van der Waals surface area contributed by atoms with Crippen LogP contribution in [0, 0.1) is 0 Å². The molecule has 7 heteroatoms. The van der Waals surface area contributed by atoms with Crippen molar-refractivity contribution in [1.29, 1.82) is 0 Å². The Balaban J connectivity index is 2.57. The number of carbonyl (C=O) groups is 2. The summed E-state index contributed by atoms with van der Waals surface area (Å²) in [6, 6.07) is 4.28. The molecule has 1 aromatic heterocycles. The number of carboxylic acids is 1. The van der Waals surface area contributed by atoms with Crippen LogP contribution in [0.1, 0.15) is 20.7 Å². The summed E-state index contributed by atoms with van der Waals surface area (Å²) in [5.74, 6) is -1.75. The van der Waals surface area contributed by atoms with Gasteiger partial charge in [-0.1, -0.05) is 11.6 Å². The third-order valence-corrected chi connectivity index (χ3v) is 2.54. The molecule has 0 saturated carbocycles. The van der Waals surface area contributed by atoms with Crippen LogP contribution < -0.4 is 5.73 Å². The number of nitrogens with two attached hydrogens (primary N) is 1. The van der Waals surface area contributed by atoms with E-state index in [4.69, 9.17) is 22.4 Å². The summed E-state index contributed by atoms with van der Waals surface area (Å²) in [5.41, 5.74) is 5.58. The molecule has 0 aliphatic rings. The SMILES string of the molecule is NC(=O)c1cnn(-c2cc(Cl)ccc2C(=O)O)c1. The largest absolute Gasteiger partial charge is 0.478 e. The second-order valence-corrected chi connectivity index (χ2v) is 3.94. The second kappa shape index (κ2) is 4.50. The molecule has 1 aromatic carbocycles. The topological polar surface area (TPSA) is 98.2 Å².